The van der Waals surface area contributed by atoms with Crippen molar-refractivity contribution in [3.63, 3.8) is 0 Å². The smallest absolute Gasteiger partial charge is 0.491 e. The molecule has 2 aromatic rings. The van der Waals surface area contributed by atoms with Gasteiger partial charge in [0, 0.05) is 16.7 Å². The number of halogens is 4. The molecule has 0 unspecified atom stereocenters. The summed E-state index contributed by atoms with van der Waals surface area (Å²) in [5, 5.41) is 9.79. The third kappa shape index (κ3) is 6.39. The van der Waals surface area contributed by atoms with Gasteiger partial charge in [-0.25, -0.2) is 4.79 Å². The summed E-state index contributed by atoms with van der Waals surface area (Å²) in [5.74, 6) is -3.59. The first kappa shape index (κ1) is 22.0. The maximum Gasteiger partial charge on any atom is 0.491 e. The quantitative estimate of drug-likeness (QED) is 0.206. The van der Waals surface area contributed by atoms with E-state index in [1.54, 1.807) is 18.2 Å². The lowest BCUT2D eigenvalue weighted by atomic mass is 10.2. The van der Waals surface area contributed by atoms with E-state index in [-0.39, 0.29) is 29.6 Å². The molecule has 0 aliphatic carbocycles. The van der Waals surface area contributed by atoms with Crippen molar-refractivity contribution in [2.45, 2.75) is 6.18 Å². The van der Waals surface area contributed by atoms with Gasteiger partial charge in [-0.05, 0) is 24.3 Å². The lowest BCUT2D eigenvalue weighted by molar-refractivity contribution is -0.189. The van der Waals surface area contributed by atoms with Gasteiger partial charge >= 0.3 is 12.1 Å². The highest BCUT2D eigenvalue weighted by Gasteiger charge is 2.42. The molecule has 0 saturated heterocycles. The maximum atomic E-state index is 12.4. The van der Waals surface area contributed by atoms with E-state index in [0.29, 0.717) is 11.3 Å². The summed E-state index contributed by atoms with van der Waals surface area (Å²) < 4.78 is 46.9. The Kier molecular flexibility index (Phi) is 7.05. The average Bonchev–Trinajstić information content (AvgIpc) is 2.64. The van der Waals surface area contributed by atoms with Crippen molar-refractivity contribution in [3.8, 4) is 11.5 Å². The summed E-state index contributed by atoms with van der Waals surface area (Å²) in [5.41, 5.74) is 5.54. The highest BCUT2D eigenvalue weighted by Crippen LogP contribution is 2.26. The van der Waals surface area contributed by atoms with Gasteiger partial charge in [-0.2, -0.15) is 13.2 Å². The Balaban J connectivity index is 1.98. The van der Waals surface area contributed by atoms with E-state index in [1.165, 1.54) is 12.1 Å². The second-order valence-electron chi connectivity index (χ2n) is 5.57. The zero-order valence-corrected chi connectivity index (χ0v) is 15.4. The van der Waals surface area contributed by atoms with Gasteiger partial charge in [0.15, 0.2) is 0 Å². The van der Waals surface area contributed by atoms with E-state index in [2.05, 4.69) is 10.1 Å². The zero-order chi connectivity index (χ0) is 21.6. The van der Waals surface area contributed by atoms with Crippen LogP contribution in [0.5, 0.6) is 11.5 Å². The second-order valence-corrected chi connectivity index (χ2v) is 6.01. The van der Waals surface area contributed by atoms with Crippen LogP contribution in [-0.2, 0) is 4.79 Å². The Bertz CT molecular complexity index is 935. The number of hydrogen-bond donors (Lipinski definition) is 3. The number of hydrogen-bond acceptors (Lipinski definition) is 5. The van der Waals surface area contributed by atoms with Gasteiger partial charge in [0.2, 0.25) is 0 Å². The summed E-state index contributed by atoms with van der Waals surface area (Å²) in [6.45, 7) is 0.0246. The van der Waals surface area contributed by atoms with E-state index in [4.69, 9.17) is 27.5 Å². The fourth-order valence-electron chi connectivity index (χ4n) is 2.11. The van der Waals surface area contributed by atoms with Crippen LogP contribution in [0, 0.1) is 5.41 Å². The van der Waals surface area contributed by atoms with Gasteiger partial charge in [0.1, 0.15) is 23.9 Å². The van der Waals surface area contributed by atoms with E-state index in [9.17, 15) is 22.8 Å². The summed E-state index contributed by atoms with van der Waals surface area (Å²) in [4.78, 5) is 23.3. The van der Waals surface area contributed by atoms with Crippen LogP contribution in [0.2, 0.25) is 5.02 Å². The van der Waals surface area contributed by atoms with Crippen molar-refractivity contribution >= 4 is 29.3 Å². The summed E-state index contributed by atoms with van der Waals surface area (Å²) in [7, 11) is 0. The number of esters is 1. The third-order valence-corrected chi connectivity index (χ3v) is 3.66. The van der Waals surface area contributed by atoms with Crippen LogP contribution in [0.25, 0.3) is 0 Å². The number of amidine groups is 1. The Morgan fingerprint density at radius 3 is 2.55 bits per heavy atom. The topological polar surface area (TPSA) is 115 Å². The number of nitrogens with two attached hydrogens (primary N) is 1. The summed E-state index contributed by atoms with van der Waals surface area (Å²) in [6.07, 6.45) is -5.22. The Labute approximate surface area is 168 Å². The minimum Gasteiger partial charge on any atom is -0.492 e. The molecule has 7 nitrogen and oxygen atoms in total. The molecule has 0 radical (unpaired) electrons. The first-order chi connectivity index (χ1) is 13.6. The van der Waals surface area contributed by atoms with Crippen molar-refractivity contribution in [2.24, 2.45) is 5.73 Å². The average molecular weight is 430 g/mol. The van der Waals surface area contributed by atoms with Gasteiger partial charge in [0.25, 0.3) is 5.91 Å². The second kappa shape index (κ2) is 9.28. The number of nitrogen functional groups attached to an aromatic ring is 1. The molecule has 0 aliphatic heterocycles. The molecule has 154 valence electrons. The van der Waals surface area contributed by atoms with Gasteiger partial charge in [-0.3, -0.25) is 10.2 Å². The first-order valence-electron chi connectivity index (χ1n) is 8.02. The van der Waals surface area contributed by atoms with Crippen LogP contribution in [0.3, 0.4) is 0 Å². The maximum absolute atomic E-state index is 12.4. The number of nitrogens with one attached hydrogen (secondary N) is 2. The molecule has 0 aromatic heterocycles. The molecule has 0 bridgehead atoms. The molecule has 0 saturated carbocycles. The first-order valence-corrected chi connectivity index (χ1v) is 8.39. The molecule has 0 spiro atoms. The Morgan fingerprint density at radius 1 is 1.17 bits per heavy atom. The van der Waals surface area contributed by atoms with E-state index >= 15 is 0 Å². The number of alkyl halides is 3. The molecule has 2 rings (SSSR count). The van der Waals surface area contributed by atoms with Crippen molar-refractivity contribution in [1.29, 1.82) is 5.41 Å². The van der Waals surface area contributed by atoms with Gasteiger partial charge < -0.3 is 20.5 Å². The van der Waals surface area contributed by atoms with Crippen LogP contribution < -0.4 is 20.5 Å². The Morgan fingerprint density at radius 2 is 1.90 bits per heavy atom. The van der Waals surface area contributed by atoms with Crippen LogP contribution in [0.1, 0.15) is 15.9 Å². The van der Waals surface area contributed by atoms with E-state index in [0.717, 1.165) is 12.1 Å². The minimum absolute atomic E-state index is 0.00157. The number of amides is 1. The van der Waals surface area contributed by atoms with Crippen molar-refractivity contribution in [3.05, 3.63) is 58.6 Å². The molecule has 2 aromatic carbocycles. The molecule has 1 amide bonds. The van der Waals surface area contributed by atoms with Gasteiger partial charge in [-0.1, -0.05) is 23.7 Å². The SMILES string of the molecule is N=C(N)c1cccc(OCCNC(=O)c2ccc(Cl)cc2OC(=O)C(F)(F)F)c1. The predicted octanol–water partition coefficient (Wildman–Crippen LogP) is 2.90. The molecule has 0 fully saturated rings. The minimum atomic E-state index is -5.22. The summed E-state index contributed by atoms with van der Waals surface area (Å²) in [6, 6.07) is 9.77. The number of ether oxygens (including phenoxy) is 2. The molecule has 29 heavy (non-hydrogen) atoms. The fraction of sp³-hybridized carbons (Fsp3) is 0.167. The van der Waals surface area contributed by atoms with Crippen LogP contribution in [-0.4, -0.2) is 37.0 Å². The molecule has 0 atom stereocenters. The summed E-state index contributed by atoms with van der Waals surface area (Å²) >= 11 is 5.70. The van der Waals surface area contributed by atoms with Crippen molar-refractivity contribution in [1.82, 2.24) is 5.32 Å². The molecule has 4 N–H and O–H groups in total. The molecular weight excluding hydrogens is 415 g/mol. The predicted molar refractivity (Wildman–Crippen MR) is 98.4 cm³/mol. The Hall–Kier alpha value is -3.27. The monoisotopic (exact) mass is 429 g/mol. The van der Waals surface area contributed by atoms with E-state index < -0.39 is 23.8 Å². The normalized spacial score (nSPS) is 10.9. The lowest BCUT2D eigenvalue weighted by Crippen LogP contribution is -2.31. The van der Waals surface area contributed by atoms with Crippen LogP contribution in [0.15, 0.2) is 42.5 Å². The number of carbonyl (C=O) groups excluding carboxylic acids is 2. The number of rotatable bonds is 7. The van der Waals surface area contributed by atoms with Gasteiger partial charge in [-0.15, -0.1) is 0 Å². The number of benzene rings is 2. The highest BCUT2D eigenvalue weighted by molar-refractivity contribution is 6.30. The largest absolute Gasteiger partial charge is 0.492 e. The molecular formula is C18H15ClF3N3O4. The molecule has 0 aliphatic rings. The van der Waals surface area contributed by atoms with Crippen molar-refractivity contribution < 1.29 is 32.2 Å². The zero-order valence-electron chi connectivity index (χ0n) is 14.7. The highest BCUT2D eigenvalue weighted by atomic mass is 35.5. The fourth-order valence-corrected chi connectivity index (χ4v) is 2.27. The number of carbonyl (C=O) groups is 2. The van der Waals surface area contributed by atoms with Crippen molar-refractivity contribution in [2.75, 3.05) is 13.2 Å². The standard InChI is InChI=1S/C18H15ClF3N3O4/c19-11-4-5-13(14(9-11)29-17(27)18(20,21)22)16(26)25-6-7-28-12-3-1-2-10(8-12)15(23)24/h1-5,8-9H,6-7H2,(H3,23,24)(H,25,26). The molecule has 11 heteroatoms. The van der Waals surface area contributed by atoms with E-state index in [1.807, 2.05) is 0 Å². The van der Waals surface area contributed by atoms with Crippen LogP contribution in [0.4, 0.5) is 13.2 Å². The lowest BCUT2D eigenvalue weighted by Gasteiger charge is -2.12. The van der Waals surface area contributed by atoms with Gasteiger partial charge in [0.05, 0.1) is 12.1 Å². The van der Waals surface area contributed by atoms with Crippen LogP contribution >= 0.6 is 11.6 Å². The third-order valence-electron chi connectivity index (χ3n) is 3.42. The molecule has 0 heterocycles.